The predicted molar refractivity (Wildman–Crippen MR) is 211 cm³/mol. The number of nitrogens with zero attached hydrogens (tertiary/aromatic N) is 2. The maximum atomic E-state index is 12.2. The first-order valence-corrected chi connectivity index (χ1v) is 19.7. The van der Waals surface area contributed by atoms with E-state index in [2.05, 4.69) is 36.6 Å². The number of unbranched alkanes of at least 4 members (excludes halogenated alkanes) is 2. The molecule has 4 rings (SSSR count). The topological polar surface area (TPSA) is 184 Å². The summed E-state index contributed by atoms with van der Waals surface area (Å²) in [5, 5.41) is 15.0. The number of carboxylic acids is 1. The maximum Gasteiger partial charge on any atom is 0.407 e. The molecule has 56 heavy (non-hydrogen) atoms. The minimum Gasteiger partial charge on any atom is -0.495 e. The Bertz CT molecular complexity index is 1620. The monoisotopic (exact) mass is 802 g/mol. The summed E-state index contributed by atoms with van der Waals surface area (Å²) in [5.41, 5.74) is 2.00. The van der Waals surface area contributed by atoms with Gasteiger partial charge in [0, 0.05) is 64.7 Å². The summed E-state index contributed by atoms with van der Waals surface area (Å²) in [4.78, 5) is 71.5. The van der Waals surface area contributed by atoms with E-state index in [-0.39, 0.29) is 65.9 Å². The van der Waals surface area contributed by atoms with E-state index in [1.54, 1.807) is 14.2 Å². The molecule has 3 saturated heterocycles. The van der Waals surface area contributed by atoms with Crippen molar-refractivity contribution >= 4 is 47.3 Å². The Morgan fingerprint density at radius 1 is 1.14 bits per heavy atom. The number of likely N-dealkylation sites (N-methyl/N-ethyl adjacent to an activating group) is 1. The summed E-state index contributed by atoms with van der Waals surface area (Å²) >= 11 is 6.10. The highest BCUT2D eigenvalue weighted by atomic mass is 35.5. The van der Waals surface area contributed by atoms with Gasteiger partial charge in [-0.15, -0.1) is 0 Å². The lowest BCUT2D eigenvalue weighted by Gasteiger charge is -2.33. The van der Waals surface area contributed by atoms with E-state index in [1.807, 2.05) is 31.2 Å². The number of epoxide rings is 1. The second-order valence-electron chi connectivity index (χ2n) is 15.0. The highest BCUT2D eigenvalue weighted by Gasteiger charge is 2.57. The van der Waals surface area contributed by atoms with E-state index in [0.717, 1.165) is 31.2 Å². The summed E-state index contributed by atoms with van der Waals surface area (Å²) in [7, 11) is 4.72. The number of likely N-dealkylation sites (tertiary alicyclic amines) is 1. The molecule has 14 nitrogen and oxygen atoms in total. The molecule has 0 bridgehead atoms. The number of imide groups is 1. The van der Waals surface area contributed by atoms with Gasteiger partial charge in [0.2, 0.25) is 23.6 Å². The quantitative estimate of drug-likeness (QED) is 0.0689. The van der Waals surface area contributed by atoms with E-state index in [1.165, 1.54) is 29.3 Å². The first-order chi connectivity index (χ1) is 26.5. The second-order valence-corrected chi connectivity index (χ2v) is 15.4. The SMILES string of the molecule is CC(C(=O)O)N(C)C(=O)CCCCCN1C(=O)CCC1=O.CNC(=O)CCC1(C)OC1[C@H](C)C1CC(C/C=C/C=C(\C)Cc2ccc(Cl)c(OC)c2)NC(=O)O1. The molecular weight excluding hydrogens is 744 g/mol. The van der Waals surface area contributed by atoms with Crippen LogP contribution in [0.15, 0.2) is 42.0 Å². The molecule has 0 aliphatic carbocycles. The average Bonchev–Trinajstić information content (AvgIpc) is 3.75. The second kappa shape index (κ2) is 21.8. The van der Waals surface area contributed by atoms with Gasteiger partial charge in [0.1, 0.15) is 17.9 Å². The molecule has 6 atom stereocenters. The largest absolute Gasteiger partial charge is 0.495 e. The number of hydrogen-bond acceptors (Lipinski definition) is 9. The van der Waals surface area contributed by atoms with Gasteiger partial charge in [0.25, 0.3) is 0 Å². The van der Waals surface area contributed by atoms with Crippen molar-refractivity contribution in [3.05, 3.63) is 52.6 Å². The fourth-order valence-corrected chi connectivity index (χ4v) is 7.02. The minimum atomic E-state index is -1.03. The van der Waals surface area contributed by atoms with Crippen LogP contribution in [0.1, 0.15) is 97.5 Å². The van der Waals surface area contributed by atoms with Crippen LogP contribution in [0, 0.1) is 5.92 Å². The van der Waals surface area contributed by atoms with Gasteiger partial charge in [0.05, 0.1) is 23.8 Å². The van der Waals surface area contributed by atoms with E-state index >= 15 is 0 Å². The average molecular weight is 803 g/mol. The molecule has 5 amide bonds. The van der Waals surface area contributed by atoms with Crippen molar-refractivity contribution in [2.75, 3.05) is 27.7 Å². The number of benzene rings is 1. The summed E-state index contributed by atoms with van der Waals surface area (Å²) in [6.07, 6.45) is 11.8. The molecule has 1 aromatic rings. The number of cyclic esters (lactones) is 1. The molecule has 0 spiro atoms. The van der Waals surface area contributed by atoms with Crippen molar-refractivity contribution in [3.8, 4) is 5.75 Å². The van der Waals surface area contributed by atoms with Gasteiger partial charge < -0.3 is 34.9 Å². The van der Waals surface area contributed by atoms with Gasteiger partial charge in [-0.3, -0.25) is 24.1 Å². The molecule has 0 aromatic heterocycles. The van der Waals surface area contributed by atoms with Gasteiger partial charge in [-0.05, 0) is 70.6 Å². The molecule has 3 aliphatic heterocycles. The molecule has 0 radical (unpaired) electrons. The predicted octanol–water partition coefficient (Wildman–Crippen LogP) is 5.60. The van der Waals surface area contributed by atoms with E-state index in [0.29, 0.717) is 55.8 Å². The van der Waals surface area contributed by atoms with Crippen LogP contribution in [0.5, 0.6) is 5.75 Å². The number of ether oxygens (including phenoxy) is 3. The zero-order chi connectivity index (χ0) is 41.6. The Balaban J connectivity index is 0.000000342. The number of carbonyl (C=O) groups is 6. The molecular formula is C41H59ClN4O10. The Morgan fingerprint density at radius 3 is 2.48 bits per heavy atom. The van der Waals surface area contributed by atoms with Crippen molar-refractivity contribution in [3.63, 3.8) is 0 Å². The number of carbonyl (C=O) groups excluding carboxylic acids is 5. The first kappa shape index (κ1) is 46.0. The summed E-state index contributed by atoms with van der Waals surface area (Å²) in [5.74, 6) is -0.742. The number of rotatable bonds is 19. The van der Waals surface area contributed by atoms with Gasteiger partial charge in [-0.1, -0.05) is 54.8 Å². The molecule has 3 fully saturated rings. The van der Waals surface area contributed by atoms with Crippen molar-refractivity contribution in [1.82, 2.24) is 20.4 Å². The Morgan fingerprint density at radius 2 is 1.84 bits per heavy atom. The number of aliphatic carboxylic acids is 1. The number of nitrogens with one attached hydrogen (secondary N) is 2. The third-order valence-corrected chi connectivity index (χ3v) is 10.9. The van der Waals surface area contributed by atoms with Crippen LogP contribution in [0.25, 0.3) is 0 Å². The third-order valence-electron chi connectivity index (χ3n) is 10.6. The number of alkyl carbamates (subject to hydrolysis) is 1. The third kappa shape index (κ3) is 13.9. The smallest absolute Gasteiger partial charge is 0.407 e. The molecule has 15 heteroatoms. The number of allylic oxidation sites excluding steroid dienone is 3. The molecule has 3 aliphatic rings. The highest BCUT2D eigenvalue weighted by molar-refractivity contribution is 6.32. The van der Waals surface area contributed by atoms with Crippen LogP contribution in [0.2, 0.25) is 5.02 Å². The van der Waals surface area contributed by atoms with Crippen LogP contribution in [-0.4, -0.2) is 108 Å². The number of methoxy groups -OCH3 is 1. The van der Waals surface area contributed by atoms with Crippen LogP contribution in [0.3, 0.4) is 0 Å². The molecule has 3 N–H and O–H groups in total. The van der Waals surface area contributed by atoms with Crippen LogP contribution in [0.4, 0.5) is 4.79 Å². The first-order valence-electron chi connectivity index (χ1n) is 19.3. The summed E-state index contributed by atoms with van der Waals surface area (Å²) in [6, 6.07) is 4.97. The number of carboxylic acid groups (broad SMARTS) is 1. The van der Waals surface area contributed by atoms with E-state index < -0.39 is 12.0 Å². The molecule has 1 aromatic carbocycles. The number of halogens is 1. The van der Waals surface area contributed by atoms with E-state index in [9.17, 15) is 28.8 Å². The van der Waals surface area contributed by atoms with Gasteiger partial charge in [0.15, 0.2) is 0 Å². The maximum absolute atomic E-state index is 12.2. The number of amides is 5. The zero-order valence-corrected chi connectivity index (χ0v) is 34.5. The Kier molecular flexibility index (Phi) is 17.9. The Hall–Kier alpha value is -4.43. The van der Waals surface area contributed by atoms with Crippen molar-refractivity contribution in [2.24, 2.45) is 5.92 Å². The summed E-state index contributed by atoms with van der Waals surface area (Å²) in [6.45, 7) is 8.03. The normalized spacial score (nSPS) is 23.1. The molecule has 0 saturated carbocycles. The Labute approximate surface area is 335 Å². The van der Waals surface area contributed by atoms with Crippen molar-refractivity contribution < 1.29 is 48.1 Å². The molecule has 5 unspecified atom stereocenters. The van der Waals surface area contributed by atoms with Gasteiger partial charge in [-0.25, -0.2) is 9.59 Å². The minimum absolute atomic E-state index is 0.00468. The van der Waals surface area contributed by atoms with Gasteiger partial charge in [-0.2, -0.15) is 0 Å². The fourth-order valence-electron chi connectivity index (χ4n) is 6.83. The lowest BCUT2D eigenvalue weighted by molar-refractivity contribution is -0.148. The lowest BCUT2D eigenvalue weighted by Crippen LogP contribution is -2.48. The van der Waals surface area contributed by atoms with Crippen LogP contribution >= 0.6 is 11.6 Å². The molecule has 310 valence electrons. The van der Waals surface area contributed by atoms with E-state index in [4.69, 9.17) is 30.9 Å². The lowest BCUT2D eigenvalue weighted by atomic mass is 9.86. The number of hydrogen-bond donors (Lipinski definition) is 3. The van der Waals surface area contributed by atoms with Gasteiger partial charge >= 0.3 is 12.1 Å². The summed E-state index contributed by atoms with van der Waals surface area (Å²) < 4.78 is 16.8. The zero-order valence-electron chi connectivity index (χ0n) is 33.7. The van der Waals surface area contributed by atoms with Crippen molar-refractivity contribution in [2.45, 2.75) is 128 Å². The van der Waals surface area contributed by atoms with Crippen LogP contribution in [-0.2, 0) is 39.9 Å². The molecule has 3 heterocycles. The van der Waals surface area contributed by atoms with Crippen molar-refractivity contribution in [1.29, 1.82) is 0 Å². The standard InChI is InChI=1S/C27H37ClN2O5.C14H22N2O5/c1-17(14-19-10-11-21(28)23(15-19)33-5)8-6-7-9-20-16-22(34-26(32)30-20)18(2)25-27(3,35-25)13-12-24(31)29-4;1-10(14(20)21)15(2)11(17)6-4-3-5-9-16-12(18)7-8-13(16)19/h6-8,10-11,15,18,20,22,25H,9,12-14,16H2,1-5H3,(H,29,31)(H,30,32);10H,3-9H2,1-2H3,(H,20,21)/b7-6+,17-8+;/t18-,20?,22?,25?,27?;/m1./s1. The highest BCUT2D eigenvalue weighted by Crippen LogP contribution is 2.46. The van der Waals surface area contributed by atoms with Crippen LogP contribution < -0.4 is 15.4 Å². The fraction of sp³-hybridized carbons (Fsp3) is 0.610.